The normalized spacial score (nSPS) is 23.0. The van der Waals surface area contributed by atoms with Crippen LogP contribution in [0.3, 0.4) is 0 Å². The van der Waals surface area contributed by atoms with E-state index < -0.39 is 42.4 Å². The number of nitrogens with one attached hydrogen (secondary N) is 1. The van der Waals surface area contributed by atoms with Gasteiger partial charge in [0, 0.05) is 31.2 Å². The molecular weight excluding hydrogens is 493 g/mol. The SMILES string of the molecule is CS(=O)(=O)c1ccc(Nc2ncnc(OC3C[C@H]4CC[C@H](C3)N4S(C)(=O)=O)c2[N+](=O)[O-])c(F)c1. The van der Waals surface area contributed by atoms with E-state index in [0.29, 0.717) is 25.7 Å². The molecule has 1 aromatic carbocycles. The van der Waals surface area contributed by atoms with Crippen LogP contribution in [-0.4, -0.2) is 66.7 Å². The molecule has 1 aromatic heterocycles. The number of rotatable bonds is 7. The van der Waals surface area contributed by atoms with E-state index in [2.05, 4.69) is 15.3 Å². The summed E-state index contributed by atoms with van der Waals surface area (Å²) in [6.07, 6.45) is 4.69. The van der Waals surface area contributed by atoms with Crippen LogP contribution < -0.4 is 10.1 Å². The molecule has 12 nitrogen and oxygen atoms in total. The zero-order valence-electron chi connectivity index (χ0n) is 18.2. The Labute approximate surface area is 195 Å². The standard InChI is InChI=1S/C19H22FN5O7S2/c1-33(28,29)14-5-6-16(15(20)9-14)23-18-17(25(26)27)19(22-10-21-18)32-13-7-11-3-4-12(8-13)24(11)34(2,30)31/h5-6,9-13H,3-4,7-8H2,1-2H3,(H,21,22,23)/t11-,12-/m1/s1. The Kier molecular flexibility index (Phi) is 6.20. The number of hydrogen-bond donors (Lipinski definition) is 1. The Balaban J connectivity index is 1.59. The summed E-state index contributed by atoms with van der Waals surface area (Å²) in [5, 5.41) is 14.3. The van der Waals surface area contributed by atoms with E-state index in [0.717, 1.165) is 37.0 Å². The summed E-state index contributed by atoms with van der Waals surface area (Å²) >= 11 is 0. The molecule has 0 unspecified atom stereocenters. The Morgan fingerprint density at radius 1 is 1.15 bits per heavy atom. The predicted octanol–water partition coefficient (Wildman–Crippen LogP) is 2.00. The van der Waals surface area contributed by atoms with Gasteiger partial charge in [0.15, 0.2) is 9.84 Å². The van der Waals surface area contributed by atoms with Gasteiger partial charge < -0.3 is 10.1 Å². The molecule has 15 heteroatoms. The molecule has 2 aliphatic rings. The maximum Gasteiger partial charge on any atom is 0.373 e. The molecule has 4 rings (SSSR count). The lowest BCUT2D eigenvalue weighted by atomic mass is 10.0. The lowest BCUT2D eigenvalue weighted by Crippen LogP contribution is -2.48. The average Bonchev–Trinajstić information content (AvgIpc) is 3.01. The lowest BCUT2D eigenvalue weighted by Gasteiger charge is -2.36. The maximum atomic E-state index is 14.5. The minimum atomic E-state index is -3.64. The molecule has 2 bridgehead atoms. The van der Waals surface area contributed by atoms with Crippen molar-refractivity contribution in [3.05, 3.63) is 40.5 Å². The molecule has 2 aromatic rings. The molecule has 0 spiro atoms. The van der Waals surface area contributed by atoms with Crippen molar-refractivity contribution in [3.8, 4) is 5.88 Å². The molecule has 0 radical (unpaired) electrons. The molecular formula is C19H22FN5O7S2. The second kappa shape index (κ2) is 8.70. The summed E-state index contributed by atoms with van der Waals surface area (Å²) in [6, 6.07) is 2.60. The van der Waals surface area contributed by atoms with E-state index >= 15 is 0 Å². The van der Waals surface area contributed by atoms with Crippen molar-refractivity contribution < 1.29 is 30.9 Å². The second-order valence-corrected chi connectivity index (χ2v) is 12.3. The Morgan fingerprint density at radius 2 is 1.79 bits per heavy atom. The van der Waals surface area contributed by atoms with Crippen molar-refractivity contribution >= 4 is 37.1 Å². The summed E-state index contributed by atoms with van der Waals surface area (Å²) in [7, 11) is -7.02. The molecule has 0 saturated carbocycles. The number of anilines is 2. The first-order valence-electron chi connectivity index (χ1n) is 10.3. The van der Waals surface area contributed by atoms with Gasteiger partial charge in [-0.25, -0.2) is 26.2 Å². The topological polar surface area (TPSA) is 162 Å². The van der Waals surface area contributed by atoms with E-state index in [-0.39, 0.29) is 34.4 Å². The number of sulfonamides is 1. The minimum absolute atomic E-state index is 0.223. The highest BCUT2D eigenvalue weighted by Gasteiger charge is 2.46. The molecule has 0 aliphatic carbocycles. The van der Waals surface area contributed by atoms with Crippen LogP contribution in [0.4, 0.5) is 21.6 Å². The van der Waals surface area contributed by atoms with Gasteiger partial charge in [0.25, 0.3) is 5.88 Å². The number of aromatic nitrogens is 2. The van der Waals surface area contributed by atoms with Crippen molar-refractivity contribution in [2.75, 3.05) is 17.8 Å². The zero-order valence-corrected chi connectivity index (χ0v) is 19.8. The molecule has 34 heavy (non-hydrogen) atoms. The average molecular weight is 516 g/mol. The highest BCUT2D eigenvalue weighted by atomic mass is 32.2. The number of hydrogen-bond acceptors (Lipinski definition) is 10. The number of benzene rings is 1. The fourth-order valence-corrected chi connectivity index (χ4v) is 6.64. The van der Waals surface area contributed by atoms with Gasteiger partial charge in [0.1, 0.15) is 18.2 Å². The van der Waals surface area contributed by atoms with Gasteiger partial charge in [-0.3, -0.25) is 10.1 Å². The fourth-order valence-electron chi connectivity index (χ4n) is 4.54. The van der Waals surface area contributed by atoms with Gasteiger partial charge in [0.2, 0.25) is 15.8 Å². The highest BCUT2D eigenvalue weighted by Crippen LogP contribution is 2.41. The van der Waals surface area contributed by atoms with Crippen LogP contribution in [0.5, 0.6) is 5.88 Å². The van der Waals surface area contributed by atoms with Crippen LogP contribution in [0, 0.1) is 15.9 Å². The van der Waals surface area contributed by atoms with E-state index in [9.17, 15) is 31.3 Å². The Morgan fingerprint density at radius 3 is 2.32 bits per heavy atom. The number of fused-ring (bicyclic) bond motifs is 2. The Hall–Kier alpha value is -2.91. The molecule has 2 saturated heterocycles. The number of halogens is 1. The van der Waals surface area contributed by atoms with E-state index in [1.807, 2.05) is 0 Å². The second-order valence-electron chi connectivity index (χ2n) is 8.36. The van der Waals surface area contributed by atoms with Crippen LogP contribution in [0.1, 0.15) is 25.7 Å². The molecule has 1 N–H and O–H groups in total. The summed E-state index contributed by atoms with van der Waals surface area (Å²) in [5.74, 6) is -1.60. The first-order valence-corrected chi connectivity index (χ1v) is 14.0. The molecule has 2 fully saturated rings. The third kappa shape index (κ3) is 4.81. The first-order chi connectivity index (χ1) is 15.8. The summed E-state index contributed by atoms with van der Waals surface area (Å²) in [5.41, 5.74) is -0.841. The molecule has 0 amide bonds. The molecule has 184 valence electrons. The maximum absolute atomic E-state index is 14.5. The molecule has 3 heterocycles. The number of piperidine rings is 1. The number of ether oxygens (including phenoxy) is 1. The smallest absolute Gasteiger partial charge is 0.373 e. The van der Waals surface area contributed by atoms with Crippen LogP contribution in [0.2, 0.25) is 0 Å². The summed E-state index contributed by atoms with van der Waals surface area (Å²) < 4.78 is 69.2. The van der Waals surface area contributed by atoms with Crippen molar-refractivity contribution in [1.29, 1.82) is 0 Å². The van der Waals surface area contributed by atoms with Crippen LogP contribution in [0.25, 0.3) is 0 Å². The van der Waals surface area contributed by atoms with Crippen LogP contribution in [-0.2, 0) is 19.9 Å². The third-order valence-corrected chi connectivity index (χ3v) is 8.35. The Bertz CT molecular complexity index is 1340. The number of sulfone groups is 1. The van der Waals surface area contributed by atoms with Crippen LogP contribution >= 0.6 is 0 Å². The number of nitrogens with zero attached hydrogens (tertiary/aromatic N) is 4. The summed E-state index contributed by atoms with van der Waals surface area (Å²) in [6.45, 7) is 0. The molecule has 2 atom stereocenters. The van der Waals surface area contributed by atoms with Gasteiger partial charge in [-0.15, -0.1) is 0 Å². The largest absolute Gasteiger partial charge is 0.469 e. The predicted molar refractivity (Wildman–Crippen MR) is 119 cm³/mol. The van der Waals surface area contributed by atoms with Gasteiger partial charge in [-0.2, -0.15) is 9.29 Å². The fraction of sp³-hybridized carbons (Fsp3) is 0.474. The third-order valence-electron chi connectivity index (χ3n) is 5.88. The van der Waals surface area contributed by atoms with Crippen molar-refractivity contribution in [1.82, 2.24) is 14.3 Å². The zero-order chi connectivity index (χ0) is 24.8. The van der Waals surface area contributed by atoms with Gasteiger partial charge in [-0.1, -0.05) is 0 Å². The van der Waals surface area contributed by atoms with Crippen molar-refractivity contribution in [2.24, 2.45) is 0 Å². The lowest BCUT2D eigenvalue weighted by molar-refractivity contribution is -0.385. The highest BCUT2D eigenvalue weighted by molar-refractivity contribution is 7.90. The van der Waals surface area contributed by atoms with E-state index in [4.69, 9.17) is 4.74 Å². The number of nitro groups is 1. The van der Waals surface area contributed by atoms with Crippen LogP contribution in [0.15, 0.2) is 29.4 Å². The van der Waals surface area contributed by atoms with E-state index in [1.165, 1.54) is 4.31 Å². The monoisotopic (exact) mass is 515 g/mol. The first kappa shape index (κ1) is 24.2. The van der Waals surface area contributed by atoms with E-state index in [1.54, 1.807) is 0 Å². The van der Waals surface area contributed by atoms with Crippen molar-refractivity contribution in [3.63, 3.8) is 0 Å². The quantitative estimate of drug-likeness (QED) is 0.426. The molecule has 2 aliphatic heterocycles. The van der Waals surface area contributed by atoms with Gasteiger partial charge in [0.05, 0.1) is 21.8 Å². The van der Waals surface area contributed by atoms with Crippen molar-refractivity contribution in [2.45, 2.75) is 48.8 Å². The van der Waals surface area contributed by atoms with Gasteiger partial charge >= 0.3 is 5.69 Å². The summed E-state index contributed by atoms with van der Waals surface area (Å²) in [4.78, 5) is 18.5. The van der Waals surface area contributed by atoms with Gasteiger partial charge in [-0.05, 0) is 31.0 Å². The minimum Gasteiger partial charge on any atom is -0.469 e.